The number of halogens is 3. The molecule has 0 aromatic carbocycles. The summed E-state index contributed by atoms with van der Waals surface area (Å²) in [6.45, 7) is 2.24. The fraction of sp³-hybridized carbons (Fsp3) is 0.300. The summed E-state index contributed by atoms with van der Waals surface area (Å²) in [6.07, 6.45) is -2.08. The molecule has 160 valence electrons. The third-order valence-electron chi connectivity index (χ3n) is 5.25. The van der Waals surface area contributed by atoms with Crippen LogP contribution in [-0.4, -0.2) is 37.1 Å². The van der Waals surface area contributed by atoms with E-state index < -0.39 is 17.8 Å². The lowest BCUT2D eigenvalue weighted by atomic mass is 10.1. The molecule has 0 bridgehead atoms. The maximum atomic E-state index is 13.7. The van der Waals surface area contributed by atoms with Crippen LogP contribution in [0, 0.1) is 6.92 Å². The van der Waals surface area contributed by atoms with Gasteiger partial charge in [-0.05, 0) is 37.3 Å². The van der Waals surface area contributed by atoms with Crippen molar-refractivity contribution in [1.29, 1.82) is 0 Å². The second-order valence-corrected chi connectivity index (χ2v) is 8.27. The highest BCUT2D eigenvalue weighted by Crippen LogP contribution is 2.36. The zero-order chi connectivity index (χ0) is 21.8. The van der Waals surface area contributed by atoms with Gasteiger partial charge in [0.15, 0.2) is 17.1 Å². The topological polar surface area (TPSA) is 76.5 Å². The lowest BCUT2D eigenvalue weighted by Crippen LogP contribution is -2.30. The van der Waals surface area contributed by atoms with E-state index in [2.05, 4.69) is 15.2 Å². The molecule has 1 atom stereocenters. The number of likely N-dealkylation sites (tertiary alicyclic amines) is 1. The summed E-state index contributed by atoms with van der Waals surface area (Å²) in [7, 11) is 0. The number of aromatic nitrogens is 4. The normalized spacial score (nSPS) is 17.0. The number of rotatable bonds is 3. The third kappa shape index (κ3) is 3.38. The van der Waals surface area contributed by atoms with Crippen LogP contribution in [0.15, 0.2) is 40.4 Å². The summed E-state index contributed by atoms with van der Waals surface area (Å²) in [5.41, 5.74) is -0.242. The molecule has 1 amide bonds. The molecule has 5 rings (SSSR count). The van der Waals surface area contributed by atoms with Crippen LogP contribution < -0.4 is 0 Å². The zero-order valence-electron chi connectivity index (χ0n) is 16.3. The van der Waals surface area contributed by atoms with E-state index in [9.17, 15) is 18.0 Å². The predicted molar refractivity (Wildman–Crippen MR) is 106 cm³/mol. The van der Waals surface area contributed by atoms with Crippen molar-refractivity contribution in [1.82, 2.24) is 24.7 Å². The van der Waals surface area contributed by atoms with Crippen LogP contribution in [0.25, 0.3) is 16.2 Å². The molecule has 0 N–H and O–H groups in total. The summed E-state index contributed by atoms with van der Waals surface area (Å²) in [6, 6.07) is 5.81. The lowest BCUT2D eigenvalue weighted by molar-refractivity contribution is -0.142. The van der Waals surface area contributed by atoms with E-state index in [-0.39, 0.29) is 22.9 Å². The van der Waals surface area contributed by atoms with Gasteiger partial charge in [-0.1, -0.05) is 11.2 Å². The quantitative estimate of drug-likeness (QED) is 0.453. The molecule has 0 spiro atoms. The molecular formula is C20H16F3N5O2S. The molecule has 1 aliphatic rings. The molecule has 11 heteroatoms. The number of fused-ring (bicyclic) bond motifs is 1. The summed E-state index contributed by atoms with van der Waals surface area (Å²) in [5, 5.41) is 9.49. The van der Waals surface area contributed by atoms with Gasteiger partial charge in [0, 0.05) is 12.6 Å². The first-order valence-electron chi connectivity index (χ1n) is 9.57. The second-order valence-electron chi connectivity index (χ2n) is 7.32. The van der Waals surface area contributed by atoms with Crippen LogP contribution in [0.5, 0.6) is 0 Å². The van der Waals surface area contributed by atoms with Gasteiger partial charge in [0.05, 0.1) is 28.5 Å². The van der Waals surface area contributed by atoms with Gasteiger partial charge in [0.2, 0.25) is 0 Å². The first-order valence-corrected chi connectivity index (χ1v) is 10.4. The minimum atomic E-state index is -4.66. The second kappa shape index (κ2) is 7.19. The third-order valence-corrected chi connectivity index (χ3v) is 6.15. The van der Waals surface area contributed by atoms with Gasteiger partial charge in [-0.2, -0.15) is 18.3 Å². The van der Waals surface area contributed by atoms with Crippen LogP contribution in [0.2, 0.25) is 0 Å². The first kappa shape index (κ1) is 19.7. The standard InChI is InChI=1S/C20H16F3N5O2S/c1-11-8-15(30-26-11)14-4-2-6-27(14)19(29)12-10-24-28-17(20(21,22)23)9-13(25-18(12)28)16-5-3-7-31-16/h3,5,7-10,14H,2,4,6H2,1H3. The Morgan fingerprint density at radius 2 is 2.16 bits per heavy atom. The molecule has 4 aromatic rings. The van der Waals surface area contributed by atoms with Crippen molar-refractivity contribution in [3.63, 3.8) is 0 Å². The van der Waals surface area contributed by atoms with Gasteiger partial charge in [0.1, 0.15) is 5.56 Å². The number of carbonyl (C=O) groups is 1. The van der Waals surface area contributed by atoms with Crippen molar-refractivity contribution in [2.75, 3.05) is 6.54 Å². The molecular weight excluding hydrogens is 431 g/mol. The fourth-order valence-electron chi connectivity index (χ4n) is 3.87. The Hall–Kier alpha value is -3.21. The number of hydrogen-bond acceptors (Lipinski definition) is 6. The number of aryl methyl sites for hydroxylation is 1. The van der Waals surface area contributed by atoms with Crippen LogP contribution in [-0.2, 0) is 6.18 Å². The minimum Gasteiger partial charge on any atom is -0.359 e. The van der Waals surface area contributed by atoms with E-state index in [0.717, 1.165) is 18.7 Å². The van der Waals surface area contributed by atoms with E-state index in [1.165, 1.54) is 11.3 Å². The van der Waals surface area contributed by atoms with Crippen molar-refractivity contribution < 1.29 is 22.5 Å². The number of nitrogens with zero attached hydrogens (tertiary/aromatic N) is 5. The number of thiophene rings is 1. The molecule has 0 saturated carbocycles. The maximum absolute atomic E-state index is 13.7. The smallest absolute Gasteiger partial charge is 0.359 e. The maximum Gasteiger partial charge on any atom is 0.433 e. The van der Waals surface area contributed by atoms with E-state index >= 15 is 0 Å². The van der Waals surface area contributed by atoms with Crippen molar-refractivity contribution in [3.8, 4) is 10.6 Å². The average Bonchev–Trinajstić information content (AvgIpc) is 3.51. The number of carbonyl (C=O) groups excluding carboxylic acids is 1. The SMILES string of the molecule is Cc1cc(C2CCCN2C(=O)c2cnn3c(C(F)(F)F)cc(-c4cccs4)nc23)on1. The molecule has 1 aliphatic heterocycles. The van der Waals surface area contributed by atoms with Gasteiger partial charge >= 0.3 is 6.18 Å². The Kier molecular flexibility index (Phi) is 4.58. The molecule has 31 heavy (non-hydrogen) atoms. The molecule has 0 radical (unpaired) electrons. The monoisotopic (exact) mass is 447 g/mol. The Balaban J connectivity index is 1.61. The van der Waals surface area contributed by atoms with Crippen LogP contribution in [0.4, 0.5) is 13.2 Å². The predicted octanol–water partition coefficient (Wildman–Crippen LogP) is 4.75. The van der Waals surface area contributed by atoms with Crippen LogP contribution >= 0.6 is 11.3 Å². The van der Waals surface area contributed by atoms with Gasteiger partial charge in [-0.3, -0.25) is 4.79 Å². The Labute approximate surface area is 178 Å². The summed E-state index contributed by atoms with van der Waals surface area (Å²) < 4.78 is 47.2. The minimum absolute atomic E-state index is 0.0204. The molecule has 0 aliphatic carbocycles. The van der Waals surface area contributed by atoms with E-state index in [0.29, 0.717) is 33.8 Å². The molecule has 1 saturated heterocycles. The Morgan fingerprint density at radius 1 is 1.32 bits per heavy atom. The van der Waals surface area contributed by atoms with Gasteiger partial charge in [-0.15, -0.1) is 11.3 Å². The summed E-state index contributed by atoms with van der Waals surface area (Å²) in [4.78, 5) is 19.9. The summed E-state index contributed by atoms with van der Waals surface area (Å²) in [5.74, 6) is 0.124. The van der Waals surface area contributed by atoms with Crippen molar-refractivity contribution in [3.05, 3.63) is 58.6 Å². The van der Waals surface area contributed by atoms with Gasteiger partial charge < -0.3 is 9.42 Å². The van der Waals surface area contributed by atoms with Gasteiger partial charge in [0.25, 0.3) is 5.91 Å². The Morgan fingerprint density at radius 3 is 2.84 bits per heavy atom. The van der Waals surface area contributed by atoms with E-state index in [1.807, 2.05) is 0 Å². The fourth-order valence-corrected chi connectivity index (χ4v) is 4.55. The highest BCUT2D eigenvalue weighted by molar-refractivity contribution is 7.13. The Bertz CT molecular complexity index is 1260. The molecule has 1 fully saturated rings. The first-order chi connectivity index (χ1) is 14.8. The lowest BCUT2D eigenvalue weighted by Gasteiger charge is -2.22. The molecule has 4 aromatic heterocycles. The number of amides is 1. The highest BCUT2D eigenvalue weighted by Gasteiger charge is 2.38. The molecule has 7 nitrogen and oxygen atoms in total. The van der Waals surface area contributed by atoms with Crippen LogP contribution in [0.3, 0.4) is 0 Å². The molecule has 1 unspecified atom stereocenters. The van der Waals surface area contributed by atoms with Crippen molar-refractivity contribution in [2.45, 2.75) is 32.0 Å². The van der Waals surface area contributed by atoms with Gasteiger partial charge in [-0.25, -0.2) is 9.50 Å². The van der Waals surface area contributed by atoms with E-state index in [1.54, 1.807) is 35.4 Å². The number of hydrogen-bond donors (Lipinski definition) is 0. The van der Waals surface area contributed by atoms with Crippen molar-refractivity contribution >= 4 is 22.9 Å². The number of alkyl halides is 3. The molecule has 5 heterocycles. The largest absolute Gasteiger partial charge is 0.433 e. The average molecular weight is 447 g/mol. The highest BCUT2D eigenvalue weighted by atomic mass is 32.1. The summed E-state index contributed by atoms with van der Waals surface area (Å²) >= 11 is 1.27. The van der Waals surface area contributed by atoms with Crippen molar-refractivity contribution in [2.24, 2.45) is 0 Å². The zero-order valence-corrected chi connectivity index (χ0v) is 17.1. The van der Waals surface area contributed by atoms with E-state index in [4.69, 9.17) is 4.52 Å². The van der Waals surface area contributed by atoms with Crippen LogP contribution in [0.1, 0.15) is 46.4 Å².